The monoisotopic (exact) mass is 300 g/mol. The Morgan fingerprint density at radius 1 is 0.944 bits per heavy atom. The van der Waals surface area contributed by atoms with Crippen molar-refractivity contribution in [1.29, 1.82) is 0 Å². The van der Waals surface area contributed by atoms with Gasteiger partial charge in [-0.3, -0.25) is 4.98 Å². The summed E-state index contributed by atoms with van der Waals surface area (Å²) in [5, 5.41) is 4.29. The van der Waals surface area contributed by atoms with Gasteiger partial charge in [-0.1, -0.05) is 28.1 Å². The minimum atomic E-state index is 0.709. The van der Waals surface area contributed by atoms with Crippen LogP contribution in [0.15, 0.2) is 59.7 Å². The van der Waals surface area contributed by atoms with Gasteiger partial charge in [0.15, 0.2) is 5.82 Å². The summed E-state index contributed by atoms with van der Waals surface area (Å²) >= 11 is 3.42. The molecule has 2 heterocycles. The average Bonchev–Trinajstić information content (AvgIpc) is 2.90. The standard InChI is InChI=1S/C13H9BrN4/c14-12-3-1-10(2-4-12)11-7-17-18(9-11)13-8-15-5-6-16-13/h1-9H. The largest absolute Gasteiger partial charge is 0.259 e. The van der Waals surface area contributed by atoms with Gasteiger partial charge in [0.1, 0.15) is 0 Å². The van der Waals surface area contributed by atoms with E-state index >= 15 is 0 Å². The number of hydrogen-bond acceptors (Lipinski definition) is 3. The second kappa shape index (κ2) is 4.70. The summed E-state index contributed by atoms with van der Waals surface area (Å²) in [4.78, 5) is 8.23. The van der Waals surface area contributed by atoms with Gasteiger partial charge in [0, 0.05) is 28.6 Å². The van der Waals surface area contributed by atoms with E-state index in [4.69, 9.17) is 0 Å². The zero-order valence-corrected chi connectivity index (χ0v) is 10.9. The lowest BCUT2D eigenvalue weighted by atomic mass is 10.1. The second-order valence-electron chi connectivity index (χ2n) is 3.74. The van der Waals surface area contributed by atoms with Gasteiger partial charge < -0.3 is 0 Å². The van der Waals surface area contributed by atoms with E-state index in [0.29, 0.717) is 5.82 Å². The third-order valence-corrected chi connectivity index (χ3v) is 3.07. The Morgan fingerprint density at radius 2 is 1.78 bits per heavy atom. The molecule has 88 valence electrons. The van der Waals surface area contributed by atoms with Crippen LogP contribution < -0.4 is 0 Å². The Kier molecular flexibility index (Phi) is 2.90. The van der Waals surface area contributed by atoms with E-state index in [1.54, 1.807) is 23.3 Å². The molecule has 0 unspecified atom stereocenters. The van der Waals surface area contributed by atoms with Crippen molar-refractivity contribution in [3.05, 3.63) is 59.7 Å². The highest BCUT2D eigenvalue weighted by atomic mass is 79.9. The number of hydrogen-bond donors (Lipinski definition) is 0. The van der Waals surface area contributed by atoms with Gasteiger partial charge in [0.25, 0.3) is 0 Å². The minimum Gasteiger partial charge on any atom is -0.259 e. The number of halogens is 1. The Bertz CT molecular complexity index is 646. The van der Waals surface area contributed by atoms with Crippen molar-refractivity contribution in [2.75, 3.05) is 0 Å². The van der Waals surface area contributed by atoms with Crippen molar-refractivity contribution in [3.8, 4) is 16.9 Å². The summed E-state index contributed by atoms with van der Waals surface area (Å²) in [5.74, 6) is 0.709. The van der Waals surface area contributed by atoms with Crippen molar-refractivity contribution in [1.82, 2.24) is 19.7 Å². The lowest BCUT2D eigenvalue weighted by molar-refractivity contribution is 0.838. The smallest absolute Gasteiger partial charge is 0.171 e. The molecule has 0 aliphatic heterocycles. The predicted octanol–water partition coefficient (Wildman–Crippen LogP) is 3.09. The first-order chi connectivity index (χ1) is 8.83. The Labute approximate surface area is 112 Å². The maximum absolute atomic E-state index is 4.29. The Morgan fingerprint density at radius 3 is 2.50 bits per heavy atom. The second-order valence-corrected chi connectivity index (χ2v) is 4.66. The third kappa shape index (κ3) is 2.17. The normalized spacial score (nSPS) is 10.5. The molecule has 0 saturated heterocycles. The van der Waals surface area contributed by atoms with E-state index in [1.807, 2.05) is 36.7 Å². The molecule has 0 fully saturated rings. The molecule has 0 aliphatic carbocycles. The zero-order chi connectivity index (χ0) is 12.4. The van der Waals surface area contributed by atoms with Crippen LogP contribution in [0.1, 0.15) is 0 Å². The molecule has 2 aromatic heterocycles. The van der Waals surface area contributed by atoms with Gasteiger partial charge in [-0.25, -0.2) is 9.67 Å². The van der Waals surface area contributed by atoms with Crippen molar-refractivity contribution < 1.29 is 0 Å². The number of aromatic nitrogens is 4. The van der Waals surface area contributed by atoms with Crippen LogP contribution in [-0.2, 0) is 0 Å². The zero-order valence-electron chi connectivity index (χ0n) is 9.36. The molecule has 18 heavy (non-hydrogen) atoms. The number of rotatable bonds is 2. The van der Waals surface area contributed by atoms with Crippen molar-refractivity contribution in [3.63, 3.8) is 0 Å². The van der Waals surface area contributed by atoms with Crippen molar-refractivity contribution >= 4 is 15.9 Å². The maximum atomic E-state index is 4.29. The molecule has 0 atom stereocenters. The highest BCUT2D eigenvalue weighted by molar-refractivity contribution is 9.10. The number of benzene rings is 1. The number of nitrogens with zero attached hydrogens (tertiary/aromatic N) is 4. The fourth-order valence-electron chi connectivity index (χ4n) is 1.65. The first kappa shape index (κ1) is 11.1. The van der Waals surface area contributed by atoms with Gasteiger partial charge in [0.05, 0.1) is 12.4 Å². The van der Waals surface area contributed by atoms with E-state index in [2.05, 4.69) is 31.0 Å². The van der Waals surface area contributed by atoms with Crippen LogP contribution in [0.25, 0.3) is 16.9 Å². The van der Waals surface area contributed by atoms with Crippen LogP contribution in [0.2, 0.25) is 0 Å². The SMILES string of the molecule is Brc1ccc(-c2cnn(-c3cnccn3)c2)cc1. The van der Waals surface area contributed by atoms with Crippen LogP contribution in [0.5, 0.6) is 0 Å². The molecular formula is C13H9BrN4. The summed E-state index contributed by atoms with van der Waals surface area (Å²) < 4.78 is 2.78. The maximum Gasteiger partial charge on any atom is 0.171 e. The first-order valence-corrected chi connectivity index (χ1v) is 6.19. The molecule has 5 heteroatoms. The molecule has 0 aliphatic rings. The highest BCUT2D eigenvalue weighted by Gasteiger charge is 2.03. The Hall–Kier alpha value is -2.01. The van der Waals surface area contributed by atoms with Crippen molar-refractivity contribution in [2.24, 2.45) is 0 Å². The molecule has 0 bridgehead atoms. The topological polar surface area (TPSA) is 43.6 Å². The lowest BCUT2D eigenvalue weighted by Gasteiger charge is -1.98. The molecule has 0 N–H and O–H groups in total. The molecule has 3 aromatic rings. The van der Waals surface area contributed by atoms with Crippen LogP contribution in [0, 0.1) is 0 Å². The summed E-state index contributed by atoms with van der Waals surface area (Å²) in [6, 6.07) is 8.11. The lowest BCUT2D eigenvalue weighted by Crippen LogP contribution is -1.97. The van der Waals surface area contributed by atoms with Gasteiger partial charge in [-0.05, 0) is 17.7 Å². The van der Waals surface area contributed by atoms with E-state index in [1.165, 1.54) is 0 Å². The van der Waals surface area contributed by atoms with Gasteiger partial charge in [0.2, 0.25) is 0 Å². The summed E-state index contributed by atoms with van der Waals surface area (Å²) in [6.45, 7) is 0. The fourth-order valence-corrected chi connectivity index (χ4v) is 1.91. The molecule has 4 nitrogen and oxygen atoms in total. The van der Waals surface area contributed by atoms with E-state index in [0.717, 1.165) is 15.6 Å². The van der Waals surface area contributed by atoms with Gasteiger partial charge in [-0.15, -0.1) is 0 Å². The van der Waals surface area contributed by atoms with E-state index < -0.39 is 0 Å². The predicted molar refractivity (Wildman–Crippen MR) is 72.3 cm³/mol. The van der Waals surface area contributed by atoms with Crippen LogP contribution in [-0.4, -0.2) is 19.7 Å². The molecular weight excluding hydrogens is 292 g/mol. The van der Waals surface area contributed by atoms with Gasteiger partial charge in [-0.2, -0.15) is 5.10 Å². The molecule has 0 spiro atoms. The van der Waals surface area contributed by atoms with E-state index in [-0.39, 0.29) is 0 Å². The molecule has 0 amide bonds. The molecule has 0 radical (unpaired) electrons. The summed E-state index contributed by atoms with van der Waals surface area (Å²) in [6.07, 6.45) is 8.72. The molecule has 3 rings (SSSR count). The van der Waals surface area contributed by atoms with E-state index in [9.17, 15) is 0 Å². The summed E-state index contributed by atoms with van der Waals surface area (Å²) in [5.41, 5.74) is 2.17. The highest BCUT2D eigenvalue weighted by Crippen LogP contribution is 2.21. The minimum absolute atomic E-state index is 0.709. The van der Waals surface area contributed by atoms with Crippen LogP contribution in [0.3, 0.4) is 0 Å². The Balaban J connectivity index is 1.97. The average molecular weight is 301 g/mol. The third-order valence-electron chi connectivity index (χ3n) is 2.54. The van der Waals surface area contributed by atoms with Crippen LogP contribution in [0.4, 0.5) is 0 Å². The molecule has 1 aromatic carbocycles. The fraction of sp³-hybridized carbons (Fsp3) is 0. The molecule has 0 saturated carbocycles. The quantitative estimate of drug-likeness (QED) is 0.730. The first-order valence-electron chi connectivity index (χ1n) is 5.40. The summed E-state index contributed by atoms with van der Waals surface area (Å²) in [7, 11) is 0. The van der Waals surface area contributed by atoms with Gasteiger partial charge >= 0.3 is 0 Å². The van der Waals surface area contributed by atoms with Crippen molar-refractivity contribution in [2.45, 2.75) is 0 Å². The van der Waals surface area contributed by atoms with Crippen LogP contribution >= 0.6 is 15.9 Å².